The number of pyridine rings is 2. The molecule has 0 atom stereocenters. The van der Waals surface area contributed by atoms with Crippen LogP contribution in [0.2, 0.25) is 0 Å². The van der Waals surface area contributed by atoms with Crippen molar-refractivity contribution in [1.29, 1.82) is 5.26 Å². The molecule has 1 fully saturated rings. The van der Waals surface area contributed by atoms with Gasteiger partial charge in [0.2, 0.25) is 0 Å². The number of anilines is 2. The molecular weight excluding hydrogens is 432 g/mol. The highest BCUT2D eigenvalue weighted by molar-refractivity contribution is 5.90. The SMILES string of the molecule is Cc1ncc(C#N)c(Nc2ccc3[nH]ccc3c2C)c1/C=C/c1ccc(CN2CCCCC2)cn1. The lowest BCUT2D eigenvalue weighted by Crippen LogP contribution is -2.29. The zero-order valence-corrected chi connectivity index (χ0v) is 20.3. The summed E-state index contributed by atoms with van der Waals surface area (Å²) in [6, 6.07) is 12.7. The molecule has 6 heteroatoms. The molecule has 0 radical (unpaired) electrons. The van der Waals surface area contributed by atoms with E-state index in [1.807, 2.05) is 37.5 Å². The van der Waals surface area contributed by atoms with Gasteiger partial charge < -0.3 is 10.3 Å². The molecule has 0 unspecified atom stereocenters. The van der Waals surface area contributed by atoms with Crippen LogP contribution in [0.5, 0.6) is 0 Å². The van der Waals surface area contributed by atoms with Crippen LogP contribution in [-0.4, -0.2) is 32.9 Å². The van der Waals surface area contributed by atoms with Crippen molar-refractivity contribution in [2.75, 3.05) is 18.4 Å². The number of rotatable bonds is 6. The third-order valence-electron chi connectivity index (χ3n) is 6.82. The number of nitrogens with zero attached hydrogens (tertiary/aromatic N) is 4. The Morgan fingerprint density at radius 1 is 1.03 bits per heavy atom. The first kappa shape index (κ1) is 22.8. The lowest BCUT2D eigenvalue weighted by Gasteiger charge is -2.26. The van der Waals surface area contributed by atoms with Crippen molar-refractivity contribution in [3.8, 4) is 6.07 Å². The lowest BCUT2D eigenvalue weighted by atomic mass is 10.0. The molecule has 1 aliphatic rings. The first-order valence-corrected chi connectivity index (χ1v) is 12.2. The molecule has 2 N–H and O–H groups in total. The molecule has 0 amide bonds. The fourth-order valence-electron chi connectivity index (χ4n) is 4.77. The van der Waals surface area contributed by atoms with Crippen molar-refractivity contribution in [2.24, 2.45) is 0 Å². The van der Waals surface area contributed by atoms with E-state index in [4.69, 9.17) is 0 Å². The summed E-state index contributed by atoms with van der Waals surface area (Å²) in [6.45, 7) is 7.36. The van der Waals surface area contributed by atoms with E-state index in [9.17, 15) is 5.26 Å². The monoisotopic (exact) mass is 462 g/mol. The Morgan fingerprint density at radius 2 is 1.89 bits per heavy atom. The van der Waals surface area contributed by atoms with E-state index in [1.165, 1.54) is 37.9 Å². The van der Waals surface area contributed by atoms with Crippen LogP contribution in [0.25, 0.3) is 23.1 Å². The Kier molecular flexibility index (Phi) is 6.60. The zero-order valence-electron chi connectivity index (χ0n) is 20.3. The minimum absolute atomic E-state index is 0.508. The van der Waals surface area contributed by atoms with Crippen LogP contribution in [0, 0.1) is 25.2 Å². The Morgan fingerprint density at radius 3 is 2.66 bits per heavy atom. The van der Waals surface area contributed by atoms with Crippen molar-refractivity contribution >= 4 is 34.4 Å². The van der Waals surface area contributed by atoms with Gasteiger partial charge in [-0.05, 0) is 87.3 Å². The Bertz CT molecular complexity index is 1400. The first-order valence-electron chi connectivity index (χ1n) is 12.2. The van der Waals surface area contributed by atoms with Crippen LogP contribution in [0.3, 0.4) is 0 Å². The van der Waals surface area contributed by atoms with Crippen molar-refractivity contribution < 1.29 is 0 Å². The normalized spacial score (nSPS) is 14.4. The van der Waals surface area contributed by atoms with Crippen LogP contribution in [0.15, 0.2) is 48.9 Å². The highest BCUT2D eigenvalue weighted by Gasteiger charge is 2.14. The summed E-state index contributed by atoms with van der Waals surface area (Å²) in [4.78, 5) is 14.9. The zero-order chi connectivity index (χ0) is 24.2. The molecule has 5 rings (SSSR count). The molecule has 1 aromatic carbocycles. The van der Waals surface area contributed by atoms with Gasteiger partial charge in [-0.1, -0.05) is 12.5 Å². The number of nitriles is 1. The smallest absolute Gasteiger partial charge is 0.103 e. The summed E-state index contributed by atoms with van der Waals surface area (Å²) in [5.41, 5.74) is 8.31. The third-order valence-corrected chi connectivity index (χ3v) is 6.82. The Labute approximate surface area is 206 Å². The summed E-state index contributed by atoms with van der Waals surface area (Å²) in [7, 11) is 0. The second kappa shape index (κ2) is 10.1. The van der Waals surface area contributed by atoms with Gasteiger partial charge in [-0.2, -0.15) is 5.26 Å². The third kappa shape index (κ3) is 4.96. The maximum absolute atomic E-state index is 9.79. The van der Waals surface area contributed by atoms with E-state index in [2.05, 4.69) is 62.4 Å². The fraction of sp³-hybridized carbons (Fsp3) is 0.276. The number of likely N-dealkylation sites (tertiary alicyclic amines) is 1. The van der Waals surface area contributed by atoms with Gasteiger partial charge in [0.25, 0.3) is 0 Å². The molecule has 1 aliphatic heterocycles. The average molecular weight is 463 g/mol. The van der Waals surface area contributed by atoms with E-state index in [-0.39, 0.29) is 0 Å². The first-order chi connectivity index (χ1) is 17.1. The summed E-state index contributed by atoms with van der Waals surface area (Å²) >= 11 is 0. The number of benzene rings is 1. The van der Waals surface area contributed by atoms with Gasteiger partial charge in [-0.3, -0.25) is 14.9 Å². The number of hydrogen-bond acceptors (Lipinski definition) is 5. The molecule has 0 bridgehead atoms. The van der Waals surface area contributed by atoms with E-state index in [1.54, 1.807) is 6.20 Å². The van der Waals surface area contributed by atoms with Crippen molar-refractivity contribution in [3.05, 3.63) is 82.6 Å². The summed E-state index contributed by atoms with van der Waals surface area (Å²) < 4.78 is 0. The van der Waals surface area contributed by atoms with Crippen molar-refractivity contribution in [1.82, 2.24) is 19.9 Å². The van der Waals surface area contributed by atoms with Gasteiger partial charge in [0.1, 0.15) is 6.07 Å². The summed E-state index contributed by atoms with van der Waals surface area (Å²) in [6.07, 6.45) is 13.5. The van der Waals surface area contributed by atoms with Crippen LogP contribution in [-0.2, 0) is 6.54 Å². The summed E-state index contributed by atoms with van der Waals surface area (Å²) in [5.74, 6) is 0. The molecule has 0 saturated carbocycles. The van der Waals surface area contributed by atoms with Crippen molar-refractivity contribution in [2.45, 2.75) is 39.7 Å². The number of aromatic nitrogens is 3. The Balaban J connectivity index is 1.41. The molecule has 1 saturated heterocycles. The lowest BCUT2D eigenvalue weighted by molar-refractivity contribution is 0.220. The Hall–Kier alpha value is -3.95. The quantitative estimate of drug-likeness (QED) is 0.349. The molecule has 35 heavy (non-hydrogen) atoms. The van der Waals surface area contributed by atoms with Gasteiger partial charge in [0.05, 0.1) is 16.9 Å². The molecule has 6 nitrogen and oxygen atoms in total. The second-order valence-electron chi connectivity index (χ2n) is 9.22. The predicted molar refractivity (Wildman–Crippen MR) is 142 cm³/mol. The topological polar surface area (TPSA) is 80.6 Å². The number of H-pyrrole nitrogens is 1. The van der Waals surface area contributed by atoms with Gasteiger partial charge in [-0.25, -0.2) is 0 Å². The van der Waals surface area contributed by atoms with Crippen LogP contribution in [0.1, 0.15) is 52.9 Å². The number of aromatic amines is 1. The standard InChI is InChI=1S/C29H30N6/c1-20-25-12-13-31-28(25)11-10-27(20)34-29-23(16-30)18-32-21(2)26(29)9-8-24-7-6-22(17-33-24)19-35-14-4-3-5-15-35/h6-13,17-18,31H,3-5,14-15,19H2,1-2H3,(H,32,34)/b9-8+. The van der Waals surface area contributed by atoms with Gasteiger partial charge in [0.15, 0.2) is 0 Å². The molecule has 0 spiro atoms. The van der Waals surface area contributed by atoms with Gasteiger partial charge >= 0.3 is 0 Å². The van der Waals surface area contributed by atoms with Gasteiger partial charge in [0, 0.05) is 53.0 Å². The van der Waals surface area contributed by atoms with Crippen molar-refractivity contribution in [3.63, 3.8) is 0 Å². The highest BCUT2D eigenvalue weighted by Crippen LogP contribution is 2.32. The molecule has 4 aromatic rings. The number of piperidine rings is 1. The fourth-order valence-corrected chi connectivity index (χ4v) is 4.77. The average Bonchev–Trinajstić information content (AvgIpc) is 3.37. The van der Waals surface area contributed by atoms with E-state index in [0.29, 0.717) is 5.56 Å². The van der Waals surface area contributed by atoms with E-state index in [0.717, 1.165) is 51.3 Å². The number of hydrogen-bond donors (Lipinski definition) is 2. The molecule has 3 aromatic heterocycles. The van der Waals surface area contributed by atoms with E-state index < -0.39 is 0 Å². The van der Waals surface area contributed by atoms with Gasteiger partial charge in [-0.15, -0.1) is 0 Å². The molecule has 4 heterocycles. The highest BCUT2D eigenvalue weighted by atomic mass is 15.1. The minimum atomic E-state index is 0.508. The molecular formula is C29H30N6. The maximum Gasteiger partial charge on any atom is 0.103 e. The molecule has 0 aliphatic carbocycles. The maximum atomic E-state index is 9.79. The largest absolute Gasteiger partial charge is 0.361 e. The van der Waals surface area contributed by atoms with E-state index >= 15 is 0 Å². The number of nitrogens with one attached hydrogen (secondary N) is 2. The number of fused-ring (bicyclic) bond motifs is 1. The minimum Gasteiger partial charge on any atom is -0.361 e. The second-order valence-corrected chi connectivity index (χ2v) is 9.22. The predicted octanol–water partition coefficient (Wildman–Crippen LogP) is 6.35. The number of aryl methyl sites for hydroxylation is 2. The van der Waals surface area contributed by atoms with Crippen LogP contribution >= 0.6 is 0 Å². The van der Waals surface area contributed by atoms with Crippen LogP contribution < -0.4 is 5.32 Å². The molecule has 176 valence electrons. The van der Waals surface area contributed by atoms with Crippen LogP contribution in [0.4, 0.5) is 11.4 Å². The summed E-state index contributed by atoms with van der Waals surface area (Å²) in [5, 5.41) is 14.5.